The van der Waals surface area contributed by atoms with Crippen molar-refractivity contribution in [1.29, 1.82) is 0 Å². The van der Waals surface area contributed by atoms with Crippen molar-refractivity contribution in [2.75, 3.05) is 0 Å². The Labute approximate surface area is 155 Å². The molecule has 2 heteroatoms. The maximum absolute atomic E-state index is 2.30. The van der Waals surface area contributed by atoms with Crippen molar-refractivity contribution >= 4 is 28.8 Å². The van der Waals surface area contributed by atoms with Crippen LogP contribution >= 0.6 is 0 Å². The molecule has 4 aromatic rings. The molecule has 0 fully saturated rings. The van der Waals surface area contributed by atoms with Crippen LogP contribution in [0.1, 0.15) is 0 Å². The highest BCUT2D eigenvalue weighted by Crippen LogP contribution is 2.09. The summed E-state index contributed by atoms with van der Waals surface area (Å²) < 4.78 is 0. The molecule has 0 unspecified atom stereocenters. The minimum absolute atomic E-state index is 0. The Bertz CT molecular complexity index is 759. The predicted molar refractivity (Wildman–Crippen MR) is 114 cm³/mol. The number of hydrogen-bond donors (Lipinski definition) is 0. The van der Waals surface area contributed by atoms with Gasteiger partial charge in [0.2, 0.25) is 0 Å². The smallest absolute Gasteiger partial charge is 0.179 e. The average Bonchev–Trinajstić information content (AvgIpc) is 2.72. The zero-order chi connectivity index (χ0) is 17.0. The van der Waals surface area contributed by atoms with Gasteiger partial charge in [-0.15, -0.1) is 0 Å². The summed E-state index contributed by atoms with van der Waals surface area (Å²) >= 11 is 0. The standard InChI is InChI=1S/C24H20Si.H2O/c1-5-13-21(14-6-1)25(22-15-7-2-8-16-22,23-17-9-3-10-18-23)24-19-11-4-12-20-24;/h1-20H;1H2. The quantitative estimate of drug-likeness (QED) is 0.398. The van der Waals surface area contributed by atoms with E-state index in [2.05, 4.69) is 121 Å². The number of rotatable bonds is 4. The highest BCUT2D eigenvalue weighted by Gasteiger charge is 2.40. The zero-order valence-corrected chi connectivity index (χ0v) is 15.5. The highest BCUT2D eigenvalue weighted by molar-refractivity contribution is 7.19. The summed E-state index contributed by atoms with van der Waals surface area (Å²) in [6.07, 6.45) is 0. The third-order valence-corrected chi connectivity index (χ3v) is 9.62. The van der Waals surface area contributed by atoms with Crippen molar-refractivity contribution in [3.8, 4) is 0 Å². The summed E-state index contributed by atoms with van der Waals surface area (Å²) in [5.74, 6) is 0. The fourth-order valence-corrected chi connectivity index (χ4v) is 8.52. The summed E-state index contributed by atoms with van der Waals surface area (Å²) in [6.45, 7) is 0. The first-order valence-electron chi connectivity index (χ1n) is 8.64. The average molecular weight is 355 g/mol. The molecular weight excluding hydrogens is 332 g/mol. The molecule has 0 bridgehead atoms. The highest BCUT2D eigenvalue weighted by atomic mass is 28.3. The van der Waals surface area contributed by atoms with E-state index in [1.807, 2.05) is 0 Å². The van der Waals surface area contributed by atoms with Crippen LogP contribution in [0, 0.1) is 0 Å². The van der Waals surface area contributed by atoms with Gasteiger partial charge in [0.05, 0.1) is 0 Å². The van der Waals surface area contributed by atoms with Gasteiger partial charge in [-0.3, -0.25) is 0 Å². The molecule has 0 heterocycles. The molecule has 128 valence electrons. The lowest BCUT2D eigenvalue weighted by molar-refractivity contribution is 0.824. The molecule has 26 heavy (non-hydrogen) atoms. The van der Waals surface area contributed by atoms with Gasteiger partial charge >= 0.3 is 0 Å². The largest absolute Gasteiger partial charge is 0.412 e. The van der Waals surface area contributed by atoms with Crippen LogP contribution in [0.4, 0.5) is 0 Å². The molecule has 0 aromatic heterocycles. The van der Waals surface area contributed by atoms with Crippen LogP contribution in [0.15, 0.2) is 121 Å². The van der Waals surface area contributed by atoms with Gasteiger partial charge in [0, 0.05) is 0 Å². The first-order valence-corrected chi connectivity index (χ1v) is 10.6. The van der Waals surface area contributed by atoms with Gasteiger partial charge < -0.3 is 5.48 Å². The topological polar surface area (TPSA) is 31.5 Å². The SMILES string of the molecule is O.c1ccc([Si](c2ccccc2)(c2ccccc2)c2ccccc2)cc1. The molecule has 0 radical (unpaired) electrons. The second kappa shape index (κ2) is 7.96. The molecule has 0 aliphatic rings. The van der Waals surface area contributed by atoms with E-state index < -0.39 is 8.07 Å². The van der Waals surface area contributed by atoms with Gasteiger partial charge in [0.25, 0.3) is 0 Å². The fourth-order valence-electron chi connectivity index (χ4n) is 3.75. The summed E-state index contributed by atoms with van der Waals surface area (Å²) in [4.78, 5) is 0. The molecule has 0 atom stereocenters. The minimum Gasteiger partial charge on any atom is -0.412 e. The molecule has 0 spiro atoms. The van der Waals surface area contributed by atoms with Crippen molar-refractivity contribution in [3.05, 3.63) is 121 Å². The van der Waals surface area contributed by atoms with Gasteiger partial charge in [-0.05, 0) is 20.7 Å². The van der Waals surface area contributed by atoms with Gasteiger partial charge in [0.1, 0.15) is 0 Å². The molecule has 0 amide bonds. The Hall–Kier alpha value is -2.94. The molecule has 0 saturated heterocycles. The maximum atomic E-state index is 2.29. The van der Waals surface area contributed by atoms with E-state index in [4.69, 9.17) is 0 Å². The lowest BCUT2D eigenvalue weighted by Crippen LogP contribution is -2.74. The van der Waals surface area contributed by atoms with Crippen molar-refractivity contribution in [2.45, 2.75) is 0 Å². The van der Waals surface area contributed by atoms with Gasteiger partial charge in [-0.25, -0.2) is 0 Å². The second-order valence-corrected chi connectivity index (χ2v) is 10.0. The zero-order valence-electron chi connectivity index (χ0n) is 14.5. The summed E-state index contributed by atoms with van der Waals surface area (Å²) in [7, 11) is -2.30. The summed E-state index contributed by atoms with van der Waals surface area (Å²) in [6, 6.07) is 44.0. The van der Waals surface area contributed by atoms with Crippen molar-refractivity contribution < 1.29 is 5.48 Å². The van der Waals surface area contributed by atoms with Crippen molar-refractivity contribution in [2.24, 2.45) is 0 Å². The Kier molecular flexibility index (Phi) is 5.47. The van der Waals surface area contributed by atoms with Crippen LogP contribution < -0.4 is 20.7 Å². The van der Waals surface area contributed by atoms with Crippen molar-refractivity contribution in [3.63, 3.8) is 0 Å². The van der Waals surface area contributed by atoms with Crippen LogP contribution in [-0.4, -0.2) is 13.6 Å². The van der Waals surface area contributed by atoms with E-state index in [0.717, 1.165) is 0 Å². The van der Waals surface area contributed by atoms with Crippen molar-refractivity contribution in [1.82, 2.24) is 0 Å². The minimum atomic E-state index is -2.30. The fraction of sp³-hybridized carbons (Fsp3) is 0. The summed E-state index contributed by atoms with van der Waals surface area (Å²) in [5.41, 5.74) is 0. The van der Waals surface area contributed by atoms with E-state index in [9.17, 15) is 0 Å². The Morgan fingerprint density at radius 1 is 0.308 bits per heavy atom. The lowest BCUT2D eigenvalue weighted by Gasteiger charge is -2.34. The molecule has 0 aliphatic heterocycles. The normalized spacial score (nSPS) is 10.8. The number of hydrogen-bond acceptors (Lipinski definition) is 0. The second-order valence-electron chi connectivity index (χ2n) is 6.21. The third-order valence-electron chi connectivity index (χ3n) is 4.83. The molecular formula is C24H22OSi. The lowest BCUT2D eigenvalue weighted by atomic mass is 10.3. The summed E-state index contributed by atoms with van der Waals surface area (Å²) in [5, 5.41) is 5.66. The predicted octanol–water partition coefficient (Wildman–Crippen LogP) is 2.24. The Morgan fingerprint density at radius 3 is 0.692 bits per heavy atom. The molecule has 0 aliphatic carbocycles. The Balaban J connectivity index is 0.00000196. The maximum Gasteiger partial charge on any atom is 0.179 e. The van der Waals surface area contributed by atoms with Crippen LogP contribution in [0.5, 0.6) is 0 Å². The monoisotopic (exact) mass is 354 g/mol. The first kappa shape index (κ1) is 17.9. The first-order chi connectivity index (χ1) is 12.4. The Morgan fingerprint density at radius 2 is 0.500 bits per heavy atom. The van der Waals surface area contributed by atoms with E-state index in [0.29, 0.717) is 0 Å². The number of benzene rings is 4. The third kappa shape index (κ3) is 3.01. The molecule has 4 rings (SSSR count). The van der Waals surface area contributed by atoms with Crippen LogP contribution in [0.2, 0.25) is 0 Å². The van der Waals surface area contributed by atoms with Crippen LogP contribution in [0.3, 0.4) is 0 Å². The van der Waals surface area contributed by atoms with Gasteiger partial charge in [0.15, 0.2) is 8.07 Å². The molecule has 4 aromatic carbocycles. The van der Waals surface area contributed by atoms with Crippen LogP contribution in [-0.2, 0) is 0 Å². The van der Waals surface area contributed by atoms with E-state index in [-0.39, 0.29) is 5.48 Å². The van der Waals surface area contributed by atoms with E-state index >= 15 is 0 Å². The van der Waals surface area contributed by atoms with Crippen LogP contribution in [0.25, 0.3) is 0 Å². The molecule has 1 nitrogen and oxygen atoms in total. The van der Waals surface area contributed by atoms with E-state index in [1.165, 1.54) is 20.7 Å². The van der Waals surface area contributed by atoms with Gasteiger partial charge in [-0.2, -0.15) is 0 Å². The molecule has 2 N–H and O–H groups in total. The molecule has 0 saturated carbocycles. The van der Waals surface area contributed by atoms with E-state index in [1.54, 1.807) is 0 Å². The van der Waals surface area contributed by atoms with Gasteiger partial charge in [-0.1, -0.05) is 121 Å².